The van der Waals surface area contributed by atoms with Crippen LogP contribution in [0.2, 0.25) is 0 Å². The molecule has 0 radical (unpaired) electrons. The minimum atomic E-state index is -4.64. The Bertz CT molecular complexity index is 394. The van der Waals surface area contributed by atoms with Gasteiger partial charge >= 0.3 is 153 Å². The van der Waals surface area contributed by atoms with Gasteiger partial charge in [0, 0.05) is 0 Å². The van der Waals surface area contributed by atoms with E-state index in [0.717, 1.165) is 12.8 Å². The van der Waals surface area contributed by atoms with Crippen LogP contribution in [0.4, 0.5) is 0 Å². The quantitative estimate of drug-likeness (QED) is 0.0957. The molecule has 0 fully saturated rings. The molecule has 0 amide bonds. The first kappa shape index (κ1) is 53.7. The van der Waals surface area contributed by atoms with Gasteiger partial charge in [0.2, 0.25) is 0 Å². The second-order valence-corrected chi connectivity index (χ2v) is 7.06. The molecule has 0 atom stereocenters. The van der Waals surface area contributed by atoms with E-state index in [1.807, 2.05) is 0 Å². The fourth-order valence-corrected chi connectivity index (χ4v) is 2.08. The molecule has 0 saturated carbocycles. The molecular weight excluding hydrogens is 493 g/mol. The van der Waals surface area contributed by atoms with Gasteiger partial charge in [0.15, 0.2) is 0 Å². The molecule has 0 unspecified atom stereocenters. The third-order valence-corrected chi connectivity index (χ3v) is 3.19. The average molecular weight is 533 g/mol. The first-order valence-electron chi connectivity index (χ1n) is 7.46. The third-order valence-electron chi connectivity index (χ3n) is 2.73. The Morgan fingerprint density at radius 1 is 0.750 bits per heavy atom. The van der Waals surface area contributed by atoms with Crippen LogP contribution in [0.25, 0.3) is 0 Å². The van der Waals surface area contributed by atoms with Crippen LogP contribution in [0.1, 0.15) is 71.1 Å². The van der Waals surface area contributed by atoms with Gasteiger partial charge in [-0.05, 0) is 6.42 Å². The molecule has 8 N–H and O–H groups in total. The van der Waals surface area contributed by atoms with Crippen LogP contribution in [0, 0.1) is 0 Å². The van der Waals surface area contributed by atoms with Crippen molar-refractivity contribution < 1.29 is 47.4 Å². The SMILES string of the molecule is CCCCCCCCCCCCOS(=O)(=O)O.O.O.O=P(O)(O)O.[CaH2].[CaH2].[NaH].[NaH]. The van der Waals surface area contributed by atoms with E-state index in [-0.39, 0.29) is 152 Å². The Labute approximate surface area is 273 Å². The van der Waals surface area contributed by atoms with Crippen LogP contribution < -0.4 is 0 Å². The van der Waals surface area contributed by atoms with Crippen LogP contribution >= 0.6 is 7.82 Å². The number of hydrogen-bond donors (Lipinski definition) is 4. The number of phosphoric acid groups is 1. The van der Waals surface area contributed by atoms with Crippen molar-refractivity contribution in [3.63, 3.8) is 0 Å². The van der Waals surface area contributed by atoms with Gasteiger partial charge in [-0.1, -0.05) is 64.7 Å². The molecule has 0 aromatic rings. The molecule has 164 valence electrons. The van der Waals surface area contributed by atoms with E-state index in [1.54, 1.807) is 0 Å². The molecule has 16 heteroatoms. The van der Waals surface area contributed by atoms with E-state index < -0.39 is 18.2 Å². The van der Waals surface area contributed by atoms with Crippen molar-refractivity contribution in [1.82, 2.24) is 0 Å². The standard InChI is InChI=1S/C12H26O4S.2Ca.2Na.H3O4P.2H2O.6H/c1-2-3-4-5-6-7-8-9-10-11-12-16-17(13,14)15;;;;;1-5(2,3)4;;;;;;;;/h2-12H2,1H3,(H,13,14,15);;;;;(H3,1,2,3,4);2*1H2;;;;;;. The zero-order valence-corrected chi connectivity index (χ0v) is 15.8. The van der Waals surface area contributed by atoms with Gasteiger partial charge in [0.05, 0.1) is 6.61 Å². The van der Waals surface area contributed by atoms with Gasteiger partial charge in [-0.3, -0.25) is 4.55 Å². The second kappa shape index (κ2) is 36.0. The molecule has 0 saturated heterocycles. The van der Waals surface area contributed by atoms with E-state index in [2.05, 4.69) is 11.1 Å². The fraction of sp³-hybridized carbons (Fsp3) is 1.00. The van der Waals surface area contributed by atoms with Gasteiger partial charge in [-0.2, -0.15) is 8.42 Å². The predicted molar refractivity (Wildman–Crippen MR) is 122 cm³/mol. The number of unbranched alkanes of at least 4 members (excludes halogenated alkanes) is 9. The van der Waals surface area contributed by atoms with Crippen LogP contribution in [0.15, 0.2) is 0 Å². The summed E-state index contributed by atoms with van der Waals surface area (Å²) in [4.78, 5) is 21.6. The molecular formula is C12H39Ca2Na2O10PS. The van der Waals surface area contributed by atoms with Crippen molar-refractivity contribution >= 4 is 153 Å². The van der Waals surface area contributed by atoms with Crippen molar-refractivity contribution in [2.24, 2.45) is 0 Å². The maximum absolute atomic E-state index is 10.2. The normalized spacial score (nSPS) is 9.32. The maximum atomic E-state index is 10.2. The van der Waals surface area contributed by atoms with Gasteiger partial charge in [-0.15, -0.1) is 0 Å². The summed E-state index contributed by atoms with van der Waals surface area (Å²) in [5.74, 6) is 0. The van der Waals surface area contributed by atoms with Crippen LogP contribution in [-0.4, -0.2) is 180 Å². The van der Waals surface area contributed by atoms with Crippen LogP contribution in [0.5, 0.6) is 0 Å². The molecule has 0 aromatic carbocycles. The Balaban J connectivity index is -0.0000000543. The molecule has 0 spiro atoms. The van der Waals surface area contributed by atoms with Crippen LogP contribution in [-0.2, 0) is 19.1 Å². The summed E-state index contributed by atoms with van der Waals surface area (Å²) >= 11 is 0. The molecule has 0 bridgehead atoms. The molecule has 0 aliphatic rings. The summed E-state index contributed by atoms with van der Waals surface area (Å²) in [6.45, 7) is 2.31. The summed E-state index contributed by atoms with van der Waals surface area (Å²) < 4.78 is 41.9. The summed E-state index contributed by atoms with van der Waals surface area (Å²) in [7, 11) is -8.87. The Morgan fingerprint density at radius 2 is 1.00 bits per heavy atom. The van der Waals surface area contributed by atoms with E-state index in [9.17, 15) is 8.42 Å². The van der Waals surface area contributed by atoms with Crippen LogP contribution in [0.3, 0.4) is 0 Å². The monoisotopic (exact) mass is 532 g/mol. The predicted octanol–water partition coefficient (Wildman–Crippen LogP) is -1.98. The molecule has 28 heavy (non-hydrogen) atoms. The first-order valence-corrected chi connectivity index (χ1v) is 10.4. The fourth-order valence-electron chi connectivity index (χ4n) is 1.75. The van der Waals surface area contributed by atoms with Crippen molar-refractivity contribution in [2.75, 3.05) is 6.61 Å². The molecule has 0 heterocycles. The van der Waals surface area contributed by atoms with Crippen molar-refractivity contribution in [2.45, 2.75) is 71.1 Å². The minimum absolute atomic E-state index is 0. The van der Waals surface area contributed by atoms with Gasteiger partial charge in [0.1, 0.15) is 0 Å². The topological polar surface area (TPSA) is 204 Å². The number of hydrogen-bond acceptors (Lipinski definition) is 4. The van der Waals surface area contributed by atoms with Gasteiger partial charge in [0.25, 0.3) is 0 Å². The van der Waals surface area contributed by atoms with Gasteiger partial charge < -0.3 is 25.6 Å². The molecule has 0 rings (SSSR count). The van der Waals surface area contributed by atoms with E-state index in [4.69, 9.17) is 23.8 Å². The van der Waals surface area contributed by atoms with E-state index in [1.165, 1.54) is 44.9 Å². The molecule has 0 aliphatic heterocycles. The third kappa shape index (κ3) is 77.6. The Hall–Kier alpha value is 4.42. The van der Waals surface area contributed by atoms with Gasteiger partial charge in [-0.25, -0.2) is 8.75 Å². The zero-order chi connectivity index (χ0) is 17.5. The molecule has 0 aromatic heterocycles. The second-order valence-electron chi connectivity index (χ2n) is 4.94. The van der Waals surface area contributed by atoms with Crippen molar-refractivity contribution in [3.8, 4) is 0 Å². The average Bonchev–Trinajstić information content (AvgIpc) is 2.32. The summed E-state index contributed by atoms with van der Waals surface area (Å²) in [6, 6.07) is 0. The van der Waals surface area contributed by atoms with Crippen molar-refractivity contribution in [3.05, 3.63) is 0 Å². The van der Waals surface area contributed by atoms with E-state index >= 15 is 0 Å². The first-order chi connectivity index (χ1) is 10.1. The molecule has 0 aliphatic carbocycles. The summed E-state index contributed by atoms with van der Waals surface area (Å²) in [5, 5.41) is 0. The number of rotatable bonds is 12. The van der Waals surface area contributed by atoms with Crippen molar-refractivity contribution in [1.29, 1.82) is 0 Å². The summed E-state index contributed by atoms with van der Waals surface area (Å²) in [5.41, 5.74) is 0. The Morgan fingerprint density at radius 3 is 1.25 bits per heavy atom. The summed E-state index contributed by atoms with van der Waals surface area (Å²) in [6.07, 6.45) is 11.9. The molecule has 10 nitrogen and oxygen atoms in total. The zero-order valence-electron chi connectivity index (χ0n) is 14.1. The Kier molecular flexibility index (Phi) is 69.0. The van der Waals surface area contributed by atoms with E-state index in [0.29, 0.717) is 6.42 Å².